The number of fused-ring (bicyclic) bond motifs is 3. The Balaban J connectivity index is 1.96. The molecule has 2 aromatic carbocycles. The summed E-state index contributed by atoms with van der Waals surface area (Å²) >= 11 is 0. The van der Waals surface area contributed by atoms with Crippen LogP contribution in [-0.4, -0.2) is 47.4 Å². The number of phenolic OH excluding ortho intramolecular Hbond substituents is 2. The van der Waals surface area contributed by atoms with Crippen molar-refractivity contribution in [1.82, 2.24) is 0 Å². The molecule has 0 fully saturated rings. The van der Waals surface area contributed by atoms with Crippen LogP contribution in [0.25, 0.3) is 0 Å². The number of benzene rings is 2. The van der Waals surface area contributed by atoms with Crippen LogP contribution in [0.3, 0.4) is 0 Å². The maximum Gasteiger partial charge on any atom is 0.202 e. The zero-order valence-electron chi connectivity index (χ0n) is 17.0. The molecular formula is C23H22O7. The van der Waals surface area contributed by atoms with E-state index in [2.05, 4.69) is 0 Å². The topological polar surface area (TPSA) is 110 Å². The molecule has 2 N–H and O–H groups in total. The Bertz CT molecular complexity index is 1120. The summed E-state index contributed by atoms with van der Waals surface area (Å²) in [6.45, 7) is 1.73. The first-order chi connectivity index (χ1) is 14.3. The number of methoxy groups -OCH3 is 2. The predicted molar refractivity (Wildman–Crippen MR) is 107 cm³/mol. The highest BCUT2D eigenvalue weighted by Gasteiger charge is 2.46. The summed E-state index contributed by atoms with van der Waals surface area (Å²) in [5, 5.41) is 22.0. The number of carbonyl (C=O) groups excluding carboxylic acids is 3. The van der Waals surface area contributed by atoms with Crippen LogP contribution in [0.15, 0.2) is 18.2 Å². The van der Waals surface area contributed by atoms with Crippen LogP contribution in [0.1, 0.15) is 62.7 Å². The SMILES string of the molecule is CCC(=O)[C@@]1(OC)CCc2c(O)c3c(c(O)c2C1)C(=O)c1cccc(OC)c1C3=O. The molecule has 156 valence electrons. The Labute approximate surface area is 173 Å². The molecule has 0 amide bonds. The second-order valence-corrected chi connectivity index (χ2v) is 7.60. The smallest absolute Gasteiger partial charge is 0.202 e. The molecule has 30 heavy (non-hydrogen) atoms. The second-order valence-electron chi connectivity index (χ2n) is 7.60. The standard InChI is InChI=1S/C23H22O7/c1-4-15(24)23(30-3)9-8-11-13(10-23)21(27)17-18(19(11)25)22(28)16-12(20(17)26)6-5-7-14(16)29-2/h5-7,25,27H,4,8-10H2,1-3H3/t23-/m1/s1. The fourth-order valence-electron chi connectivity index (χ4n) is 4.66. The minimum atomic E-state index is -1.14. The van der Waals surface area contributed by atoms with Gasteiger partial charge in [-0.1, -0.05) is 19.1 Å². The molecule has 0 radical (unpaired) electrons. The normalized spacial score (nSPS) is 19.7. The number of ketones is 3. The van der Waals surface area contributed by atoms with E-state index in [0.29, 0.717) is 12.0 Å². The molecule has 0 saturated heterocycles. The molecule has 0 saturated carbocycles. The van der Waals surface area contributed by atoms with Gasteiger partial charge in [-0.25, -0.2) is 0 Å². The van der Waals surface area contributed by atoms with E-state index in [1.165, 1.54) is 20.3 Å². The number of hydrogen-bond donors (Lipinski definition) is 2. The van der Waals surface area contributed by atoms with Crippen molar-refractivity contribution >= 4 is 17.3 Å². The third kappa shape index (κ3) is 2.51. The van der Waals surface area contributed by atoms with Crippen molar-refractivity contribution < 1.29 is 34.1 Å². The van der Waals surface area contributed by atoms with E-state index in [1.54, 1.807) is 19.1 Å². The monoisotopic (exact) mass is 410 g/mol. The van der Waals surface area contributed by atoms with Gasteiger partial charge in [-0.3, -0.25) is 14.4 Å². The van der Waals surface area contributed by atoms with Gasteiger partial charge in [-0.05, 0) is 18.9 Å². The Morgan fingerprint density at radius 3 is 2.33 bits per heavy atom. The highest BCUT2D eigenvalue weighted by atomic mass is 16.5. The number of phenols is 2. The molecule has 0 unspecified atom stereocenters. The van der Waals surface area contributed by atoms with Gasteiger partial charge in [0.25, 0.3) is 0 Å². The summed E-state index contributed by atoms with van der Waals surface area (Å²) in [6.07, 6.45) is 0.801. The van der Waals surface area contributed by atoms with E-state index in [4.69, 9.17) is 9.47 Å². The number of aromatic hydroxyl groups is 2. The quantitative estimate of drug-likeness (QED) is 0.636. The summed E-state index contributed by atoms with van der Waals surface area (Å²) in [5.41, 5.74) is -0.804. The van der Waals surface area contributed by atoms with Crippen LogP contribution in [0.4, 0.5) is 0 Å². The Kier molecular flexibility index (Phi) is 4.66. The second kappa shape index (κ2) is 6.95. The molecule has 0 bridgehead atoms. The molecule has 4 rings (SSSR count). The zero-order valence-corrected chi connectivity index (χ0v) is 17.0. The van der Waals surface area contributed by atoms with Crippen LogP contribution in [0.5, 0.6) is 17.2 Å². The van der Waals surface area contributed by atoms with Gasteiger partial charge in [0.15, 0.2) is 11.6 Å². The van der Waals surface area contributed by atoms with Crippen LogP contribution in [0.2, 0.25) is 0 Å². The van der Waals surface area contributed by atoms with Crippen LogP contribution >= 0.6 is 0 Å². The third-order valence-electron chi connectivity index (χ3n) is 6.29. The maximum atomic E-state index is 13.2. The van der Waals surface area contributed by atoms with Gasteiger partial charge in [0, 0.05) is 36.6 Å². The number of ether oxygens (including phenoxy) is 2. The van der Waals surface area contributed by atoms with Gasteiger partial charge >= 0.3 is 0 Å². The molecular weight excluding hydrogens is 388 g/mol. The van der Waals surface area contributed by atoms with E-state index in [1.807, 2.05) is 0 Å². The summed E-state index contributed by atoms with van der Waals surface area (Å²) in [7, 11) is 2.83. The molecule has 7 heteroatoms. The van der Waals surface area contributed by atoms with Gasteiger partial charge in [0.2, 0.25) is 5.78 Å². The number of rotatable bonds is 4. The van der Waals surface area contributed by atoms with Gasteiger partial charge in [0.1, 0.15) is 22.8 Å². The van der Waals surface area contributed by atoms with Gasteiger partial charge in [0.05, 0.1) is 23.8 Å². The fraction of sp³-hybridized carbons (Fsp3) is 0.348. The van der Waals surface area contributed by atoms with E-state index >= 15 is 0 Å². The number of carbonyl (C=O) groups is 3. The summed E-state index contributed by atoms with van der Waals surface area (Å²) in [5.74, 6) is -1.77. The predicted octanol–water partition coefficient (Wildman–Crippen LogP) is 2.73. The van der Waals surface area contributed by atoms with E-state index in [-0.39, 0.29) is 70.1 Å². The lowest BCUT2D eigenvalue weighted by atomic mass is 9.72. The van der Waals surface area contributed by atoms with E-state index in [9.17, 15) is 24.6 Å². The largest absolute Gasteiger partial charge is 0.507 e. The lowest BCUT2D eigenvalue weighted by molar-refractivity contribution is -0.142. The molecule has 0 aliphatic heterocycles. The molecule has 0 heterocycles. The molecule has 0 spiro atoms. The van der Waals surface area contributed by atoms with Crippen molar-refractivity contribution in [3.8, 4) is 17.2 Å². The minimum absolute atomic E-state index is 0.0185. The maximum absolute atomic E-state index is 13.2. The third-order valence-corrected chi connectivity index (χ3v) is 6.29. The molecule has 7 nitrogen and oxygen atoms in total. The Morgan fingerprint density at radius 1 is 1.03 bits per heavy atom. The highest BCUT2D eigenvalue weighted by molar-refractivity contribution is 6.31. The van der Waals surface area contributed by atoms with Crippen LogP contribution in [-0.2, 0) is 22.4 Å². The summed E-state index contributed by atoms with van der Waals surface area (Å²) in [4.78, 5) is 39.0. The highest BCUT2D eigenvalue weighted by Crippen LogP contribution is 2.48. The molecule has 2 aliphatic rings. The van der Waals surface area contributed by atoms with E-state index < -0.39 is 17.2 Å². The molecule has 0 aromatic heterocycles. The Morgan fingerprint density at radius 2 is 1.70 bits per heavy atom. The van der Waals surface area contributed by atoms with Gasteiger partial charge in [-0.2, -0.15) is 0 Å². The van der Waals surface area contributed by atoms with Crippen molar-refractivity contribution in [3.63, 3.8) is 0 Å². The summed E-state index contributed by atoms with van der Waals surface area (Å²) < 4.78 is 10.8. The van der Waals surface area contributed by atoms with Crippen LogP contribution in [0, 0.1) is 0 Å². The van der Waals surface area contributed by atoms with E-state index in [0.717, 1.165) is 0 Å². The Hall–Kier alpha value is -3.19. The molecule has 2 aliphatic carbocycles. The number of Topliss-reactive ketones (excluding diaryl/α,β-unsaturated/α-hetero) is 1. The van der Waals surface area contributed by atoms with Crippen LogP contribution < -0.4 is 4.74 Å². The first-order valence-corrected chi connectivity index (χ1v) is 9.75. The lowest BCUT2D eigenvalue weighted by Gasteiger charge is -2.37. The average molecular weight is 410 g/mol. The van der Waals surface area contributed by atoms with Crippen molar-refractivity contribution in [2.24, 2.45) is 0 Å². The molecule has 2 aromatic rings. The van der Waals surface area contributed by atoms with Crippen molar-refractivity contribution in [2.45, 2.75) is 38.2 Å². The van der Waals surface area contributed by atoms with Gasteiger partial charge in [-0.15, -0.1) is 0 Å². The minimum Gasteiger partial charge on any atom is -0.507 e. The van der Waals surface area contributed by atoms with Crippen molar-refractivity contribution in [2.75, 3.05) is 14.2 Å². The van der Waals surface area contributed by atoms with Crippen molar-refractivity contribution in [1.29, 1.82) is 0 Å². The first kappa shape index (κ1) is 20.1. The first-order valence-electron chi connectivity index (χ1n) is 9.75. The van der Waals surface area contributed by atoms with Gasteiger partial charge < -0.3 is 19.7 Å². The fourth-order valence-corrected chi connectivity index (χ4v) is 4.66. The summed E-state index contributed by atoms with van der Waals surface area (Å²) in [6, 6.07) is 4.63. The molecule has 1 atom stereocenters. The van der Waals surface area contributed by atoms with Crippen molar-refractivity contribution in [3.05, 3.63) is 51.6 Å². The average Bonchev–Trinajstić information content (AvgIpc) is 2.78. The number of hydrogen-bond acceptors (Lipinski definition) is 7. The zero-order chi connectivity index (χ0) is 21.8. The lowest BCUT2D eigenvalue weighted by Crippen LogP contribution is -2.45.